The van der Waals surface area contributed by atoms with Crippen molar-refractivity contribution >= 4 is 35.1 Å². The highest BCUT2D eigenvalue weighted by Gasteiger charge is 2.48. The first-order valence-corrected chi connectivity index (χ1v) is 8.22. The van der Waals surface area contributed by atoms with Crippen LogP contribution in [-0.2, 0) is 16.9 Å². The second-order valence-electron chi connectivity index (χ2n) is 6.05. The Bertz CT molecular complexity index is 820. The topological polar surface area (TPSA) is 49.4 Å². The number of hydrogen-bond acceptors (Lipinski definition) is 2. The number of carbonyl (C=O) groups is 2. The van der Waals surface area contributed by atoms with Crippen LogP contribution >= 0.6 is 23.2 Å². The summed E-state index contributed by atoms with van der Waals surface area (Å²) in [6.07, 6.45) is 0. The third kappa shape index (κ3) is 2.87. The van der Waals surface area contributed by atoms with E-state index in [1.165, 1.54) is 4.90 Å². The summed E-state index contributed by atoms with van der Waals surface area (Å²) in [6.45, 7) is 3.78. The van der Waals surface area contributed by atoms with E-state index in [9.17, 15) is 9.59 Å². The number of hydrogen-bond donors (Lipinski definition) is 1. The van der Waals surface area contributed by atoms with E-state index >= 15 is 0 Å². The molecule has 1 aliphatic rings. The van der Waals surface area contributed by atoms with Gasteiger partial charge in [-0.05, 0) is 37.1 Å². The van der Waals surface area contributed by atoms with Gasteiger partial charge in [0.05, 0.1) is 6.54 Å². The fraction of sp³-hybridized carbons (Fsp3) is 0.222. The Kier molecular flexibility index (Phi) is 4.28. The number of amides is 3. The van der Waals surface area contributed by atoms with E-state index in [4.69, 9.17) is 23.2 Å². The quantitative estimate of drug-likeness (QED) is 0.828. The number of carbonyl (C=O) groups excluding carboxylic acids is 2. The first-order chi connectivity index (χ1) is 11.3. The Hall–Kier alpha value is -2.04. The van der Waals surface area contributed by atoms with Gasteiger partial charge >= 0.3 is 6.03 Å². The highest BCUT2D eigenvalue weighted by Crippen LogP contribution is 2.31. The summed E-state index contributed by atoms with van der Waals surface area (Å²) in [5, 5.41) is 3.71. The average molecular weight is 363 g/mol. The zero-order chi connectivity index (χ0) is 17.5. The molecule has 1 aliphatic heterocycles. The van der Waals surface area contributed by atoms with Crippen LogP contribution in [0.3, 0.4) is 0 Å². The molecule has 24 heavy (non-hydrogen) atoms. The minimum absolute atomic E-state index is 0.0993. The van der Waals surface area contributed by atoms with Gasteiger partial charge in [-0.2, -0.15) is 0 Å². The molecule has 0 unspecified atom stereocenters. The van der Waals surface area contributed by atoms with Crippen LogP contribution in [0.15, 0.2) is 42.5 Å². The molecular weight excluding hydrogens is 347 g/mol. The number of nitrogens with zero attached hydrogens (tertiary/aromatic N) is 1. The van der Waals surface area contributed by atoms with Crippen molar-refractivity contribution < 1.29 is 9.59 Å². The van der Waals surface area contributed by atoms with E-state index < -0.39 is 11.6 Å². The van der Waals surface area contributed by atoms with Gasteiger partial charge in [-0.3, -0.25) is 9.69 Å². The molecule has 0 aromatic heterocycles. The van der Waals surface area contributed by atoms with Crippen molar-refractivity contribution in [3.63, 3.8) is 0 Å². The number of urea groups is 1. The van der Waals surface area contributed by atoms with Gasteiger partial charge in [0.2, 0.25) is 0 Å². The van der Waals surface area contributed by atoms with Crippen molar-refractivity contribution in [1.29, 1.82) is 0 Å². The SMILES string of the molecule is Cc1ccc([C@@]2(C)NC(=O)N(Cc3ccc(Cl)cc3Cl)C2=O)cc1. The third-order valence-electron chi connectivity index (χ3n) is 4.25. The molecule has 0 spiro atoms. The molecule has 0 radical (unpaired) electrons. The molecule has 0 aliphatic carbocycles. The molecule has 124 valence electrons. The zero-order valence-electron chi connectivity index (χ0n) is 13.3. The highest BCUT2D eigenvalue weighted by molar-refractivity contribution is 6.35. The molecule has 3 rings (SSSR count). The molecular formula is C18H16Cl2N2O2. The van der Waals surface area contributed by atoms with Crippen molar-refractivity contribution in [1.82, 2.24) is 10.2 Å². The molecule has 1 heterocycles. The fourth-order valence-corrected chi connectivity index (χ4v) is 3.21. The van der Waals surface area contributed by atoms with Gasteiger partial charge in [-0.25, -0.2) is 4.79 Å². The molecule has 1 saturated heterocycles. The van der Waals surface area contributed by atoms with Gasteiger partial charge in [0, 0.05) is 10.0 Å². The molecule has 0 saturated carbocycles. The lowest BCUT2D eigenvalue weighted by molar-refractivity contribution is -0.131. The Balaban J connectivity index is 1.90. The number of aryl methyl sites for hydroxylation is 1. The first-order valence-electron chi connectivity index (χ1n) is 7.46. The Labute approximate surface area is 150 Å². The van der Waals surface area contributed by atoms with E-state index in [1.807, 2.05) is 31.2 Å². The van der Waals surface area contributed by atoms with Crippen molar-refractivity contribution in [3.05, 3.63) is 69.2 Å². The Morgan fingerprint density at radius 3 is 2.38 bits per heavy atom. The van der Waals surface area contributed by atoms with Gasteiger partial charge in [0.15, 0.2) is 0 Å². The lowest BCUT2D eigenvalue weighted by atomic mass is 9.91. The zero-order valence-corrected chi connectivity index (χ0v) is 14.8. The van der Waals surface area contributed by atoms with Gasteiger partial charge in [-0.15, -0.1) is 0 Å². The molecule has 3 amide bonds. The van der Waals surface area contributed by atoms with Crippen molar-refractivity contribution in [2.45, 2.75) is 25.9 Å². The van der Waals surface area contributed by atoms with Gasteiger partial charge < -0.3 is 5.32 Å². The molecule has 2 aromatic rings. The summed E-state index contributed by atoms with van der Waals surface area (Å²) in [5.41, 5.74) is 1.42. The lowest BCUT2D eigenvalue weighted by Gasteiger charge is -2.22. The molecule has 1 fully saturated rings. The average Bonchev–Trinajstić information content (AvgIpc) is 2.74. The minimum atomic E-state index is -1.08. The monoisotopic (exact) mass is 362 g/mol. The number of rotatable bonds is 3. The van der Waals surface area contributed by atoms with Gasteiger partial charge in [0.1, 0.15) is 5.54 Å². The Morgan fingerprint density at radius 1 is 1.08 bits per heavy atom. The molecule has 6 heteroatoms. The molecule has 1 N–H and O–H groups in total. The lowest BCUT2D eigenvalue weighted by Crippen LogP contribution is -2.40. The van der Waals surface area contributed by atoms with Crippen LogP contribution in [0.4, 0.5) is 4.79 Å². The summed E-state index contributed by atoms with van der Waals surface area (Å²) >= 11 is 12.0. The Morgan fingerprint density at radius 2 is 1.75 bits per heavy atom. The van der Waals surface area contributed by atoms with Crippen LogP contribution in [0.2, 0.25) is 10.0 Å². The number of halogens is 2. The minimum Gasteiger partial charge on any atom is -0.319 e. The summed E-state index contributed by atoms with van der Waals surface area (Å²) in [4.78, 5) is 26.4. The summed E-state index contributed by atoms with van der Waals surface area (Å²) in [6, 6.07) is 12.1. The molecule has 2 aromatic carbocycles. The van der Waals surface area contributed by atoms with E-state index in [1.54, 1.807) is 25.1 Å². The number of imide groups is 1. The van der Waals surface area contributed by atoms with E-state index in [-0.39, 0.29) is 12.5 Å². The smallest absolute Gasteiger partial charge is 0.319 e. The second-order valence-corrected chi connectivity index (χ2v) is 6.89. The van der Waals surface area contributed by atoms with Crippen LogP contribution in [0, 0.1) is 6.92 Å². The first kappa shape index (κ1) is 16.8. The highest BCUT2D eigenvalue weighted by atomic mass is 35.5. The number of nitrogens with one attached hydrogen (secondary N) is 1. The largest absolute Gasteiger partial charge is 0.325 e. The predicted molar refractivity (Wildman–Crippen MR) is 94.1 cm³/mol. The second kappa shape index (κ2) is 6.11. The maximum Gasteiger partial charge on any atom is 0.325 e. The summed E-state index contributed by atoms with van der Waals surface area (Å²) in [5.74, 6) is -0.303. The van der Waals surface area contributed by atoms with Crippen LogP contribution in [0.1, 0.15) is 23.6 Å². The normalized spacial score (nSPS) is 20.4. The molecule has 1 atom stereocenters. The fourth-order valence-electron chi connectivity index (χ4n) is 2.74. The van der Waals surface area contributed by atoms with Crippen molar-refractivity contribution in [3.8, 4) is 0 Å². The van der Waals surface area contributed by atoms with Crippen molar-refractivity contribution in [2.75, 3.05) is 0 Å². The maximum atomic E-state index is 12.9. The van der Waals surface area contributed by atoms with Crippen molar-refractivity contribution in [2.24, 2.45) is 0 Å². The van der Waals surface area contributed by atoms with Gasteiger partial charge in [0.25, 0.3) is 5.91 Å². The summed E-state index contributed by atoms with van der Waals surface area (Å²) < 4.78 is 0. The summed E-state index contributed by atoms with van der Waals surface area (Å²) in [7, 11) is 0. The van der Waals surface area contributed by atoms with Crippen LogP contribution in [-0.4, -0.2) is 16.8 Å². The maximum absolute atomic E-state index is 12.9. The van der Waals surface area contributed by atoms with Gasteiger partial charge in [-0.1, -0.05) is 59.1 Å². The van der Waals surface area contributed by atoms with Crippen LogP contribution in [0.25, 0.3) is 0 Å². The van der Waals surface area contributed by atoms with Crippen LogP contribution < -0.4 is 5.32 Å². The van der Waals surface area contributed by atoms with E-state index in [2.05, 4.69) is 5.32 Å². The molecule has 0 bridgehead atoms. The standard InChI is InChI=1S/C18H16Cl2N2O2/c1-11-3-6-13(7-4-11)18(2)16(23)22(17(24)21-18)10-12-5-8-14(19)9-15(12)20/h3-9H,10H2,1-2H3,(H,21,24)/t18-/m1/s1. The number of benzene rings is 2. The predicted octanol–water partition coefficient (Wildman–Crippen LogP) is 4.27. The molecule has 4 nitrogen and oxygen atoms in total. The third-order valence-corrected chi connectivity index (χ3v) is 4.83. The van der Waals surface area contributed by atoms with E-state index in [0.717, 1.165) is 11.1 Å². The van der Waals surface area contributed by atoms with Crippen LogP contribution in [0.5, 0.6) is 0 Å². The van der Waals surface area contributed by atoms with E-state index in [0.29, 0.717) is 15.6 Å².